The van der Waals surface area contributed by atoms with Crippen molar-refractivity contribution < 1.29 is 14.4 Å². The van der Waals surface area contributed by atoms with Gasteiger partial charge in [0, 0.05) is 39.1 Å². The molecular weight excluding hydrogens is 260 g/mol. The molecule has 1 heterocycles. The highest BCUT2D eigenvalue weighted by Crippen LogP contribution is 2.26. The van der Waals surface area contributed by atoms with Crippen LogP contribution in [-0.2, 0) is 16.0 Å². The lowest BCUT2D eigenvalue weighted by molar-refractivity contribution is -0.383. The van der Waals surface area contributed by atoms with Crippen molar-refractivity contribution in [2.24, 2.45) is 0 Å². The molecule has 0 amide bonds. The molecule has 20 heavy (non-hydrogen) atoms. The van der Waals surface area contributed by atoms with Crippen LogP contribution in [0.15, 0.2) is 30.5 Å². The lowest BCUT2D eigenvalue weighted by Crippen LogP contribution is -2.07. The van der Waals surface area contributed by atoms with E-state index >= 15 is 0 Å². The Morgan fingerprint density at radius 2 is 2.10 bits per heavy atom. The standard InChI is InChI=1S/C14H18N2O4/c1-19-9-3-10-20-11-8-15-7-6-12-13(15)4-2-5-14(12)16(17)18/h2,4-7H,3,8-11H2,1H3. The molecule has 0 spiro atoms. The van der Waals surface area contributed by atoms with Gasteiger partial charge in [0.1, 0.15) is 0 Å². The minimum absolute atomic E-state index is 0.141. The van der Waals surface area contributed by atoms with Gasteiger partial charge in [-0.15, -0.1) is 0 Å². The summed E-state index contributed by atoms with van der Waals surface area (Å²) in [5, 5.41) is 11.6. The number of fused-ring (bicyclic) bond motifs is 1. The summed E-state index contributed by atoms with van der Waals surface area (Å²) in [7, 11) is 1.67. The second-order valence-electron chi connectivity index (χ2n) is 4.43. The third-order valence-corrected chi connectivity index (χ3v) is 3.10. The van der Waals surface area contributed by atoms with E-state index in [0.29, 0.717) is 31.8 Å². The smallest absolute Gasteiger partial charge is 0.278 e. The van der Waals surface area contributed by atoms with Crippen LogP contribution in [-0.4, -0.2) is 36.4 Å². The quantitative estimate of drug-likeness (QED) is 0.423. The molecule has 0 aliphatic rings. The van der Waals surface area contributed by atoms with Crippen LogP contribution >= 0.6 is 0 Å². The molecular formula is C14H18N2O4. The number of nitrogens with zero attached hydrogens (tertiary/aromatic N) is 2. The predicted molar refractivity (Wildman–Crippen MR) is 75.9 cm³/mol. The monoisotopic (exact) mass is 278 g/mol. The molecule has 1 aromatic heterocycles. The van der Waals surface area contributed by atoms with E-state index in [1.165, 1.54) is 6.07 Å². The number of nitro groups is 1. The van der Waals surface area contributed by atoms with Crippen LogP contribution in [0.5, 0.6) is 0 Å². The van der Waals surface area contributed by atoms with Crippen molar-refractivity contribution in [1.29, 1.82) is 0 Å². The molecule has 1 aromatic carbocycles. The molecule has 0 aliphatic carbocycles. The second-order valence-corrected chi connectivity index (χ2v) is 4.43. The van der Waals surface area contributed by atoms with Crippen molar-refractivity contribution in [2.75, 3.05) is 26.9 Å². The maximum absolute atomic E-state index is 10.9. The summed E-state index contributed by atoms with van der Waals surface area (Å²) >= 11 is 0. The lowest BCUT2D eigenvalue weighted by atomic mass is 10.2. The number of ether oxygens (including phenoxy) is 2. The molecule has 0 fully saturated rings. The zero-order chi connectivity index (χ0) is 14.4. The molecule has 0 atom stereocenters. The van der Waals surface area contributed by atoms with Gasteiger partial charge in [-0.25, -0.2) is 0 Å². The maximum Gasteiger partial charge on any atom is 0.278 e. The Kier molecular flexibility index (Phi) is 5.09. The number of non-ortho nitro benzene ring substituents is 1. The molecule has 2 rings (SSSR count). The van der Waals surface area contributed by atoms with E-state index in [0.717, 1.165) is 11.9 Å². The number of hydrogen-bond acceptors (Lipinski definition) is 4. The third kappa shape index (κ3) is 3.34. The highest BCUT2D eigenvalue weighted by Gasteiger charge is 2.13. The number of hydrogen-bond donors (Lipinski definition) is 0. The van der Waals surface area contributed by atoms with Gasteiger partial charge in [0.25, 0.3) is 5.69 Å². The van der Waals surface area contributed by atoms with E-state index in [4.69, 9.17) is 9.47 Å². The van der Waals surface area contributed by atoms with Gasteiger partial charge in [0.05, 0.1) is 22.4 Å². The number of rotatable bonds is 8. The molecule has 6 heteroatoms. The molecule has 2 aromatic rings. The average molecular weight is 278 g/mol. The van der Waals surface area contributed by atoms with Gasteiger partial charge in [-0.2, -0.15) is 0 Å². The second kappa shape index (κ2) is 7.02. The molecule has 0 radical (unpaired) electrons. The van der Waals surface area contributed by atoms with Gasteiger partial charge in [0.15, 0.2) is 0 Å². The van der Waals surface area contributed by atoms with Crippen LogP contribution in [0.2, 0.25) is 0 Å². The topological polar surface area (TPSA) is 66.5 Å². The van der Waals surface area contributed by atoms with Gasteiger partial charge in [-0.1, -0.05) is 6.07 Å². The van der Waals surface area contributed by atoms with Crippen LogP contribution in [0, 0.1) is 10.1 Å². The number of benzene rings is 1. The first-order chi connectivity index (χ1) is 9.74. The van der Waals surface area contributed by atoms with E-state index < -0.39 is 0 Å². The van der Waals surface area contributed by atoms with Crippen LogP contribution in [0.1, 0.15) is 6.42 Å². The van der Waals surface area contributed by atoms with Gasteiger partial charge >= 0.3 is 0 Å². The van der Waals surface area contributed by atoms with E-state index in [1.807, 2.05) is 16.8 Å². The summed E-state index contributed by atoms with van der Waals surface area (Å²) in [6.07, 6.45) is 2.73. The van der Waals surface area contributed by atoms with Crippen LogP contribution in [0.25, 0.3) is 10.9 Å². The summed E-state index contributed by atoms with van der Waals surface area (Å²) in [6.45, 7) is 2.61. The van der Waals surface area contributed by atoms with Crippen molar-refractivity contribution in [3.63, 3.8) is 0 Å². The Labute approximate surface area is 117 Å². The van der Waals surface area contributed by atoms with Gasteiger partial charge in [-0.05, 0) is 18.6 Å². The van der Waals surface area contributed by atoms with Crippen LogP contribution in [0.3, 0.4) is 0 Å². The summed E-state index contributed by atoms with van der Waals surface area (Å²) in [6, 6.07) is 6.88. The molecule has 108 valence electrons. The summed E-state index contributed by atoms with van der Waals surface area (Å²) in [5.74, 6) is 0. The minimum Gasteiger partial charge on any atom is -0.385 e. The minimum atomic E-state index is -0.353. The lowest BCUT2D eigenvalue weighted by Gasteiger charge is -2.06. The molecule has 0 unspecified atom stereocenters. The average Bonchev–Trinajstić information content (AvgIpc) is 2.85. The van der Waals surface area contributed by atoms with Crippen molar-refractivity contribution in [2.45, 2.75) is 13.0 Å². The van der Waals surface area contributed by atoms with Gasteiger partial charge in [-0.3, -0.25) is 10.1 Å². The largest absolute Gasteiger partial charge is 0.385 e. The summed E-state index contributed by atoms with van der Waals surface area (Å²) < 4.78 is 12.4. The molecule has 0 aliphatic heterocycles. The summed E-state index contributed by atoms with van der Waals surface area (Å²) in [4.78, 5) is 10.6. The first-order valence-corrected chi connectivity index (χ1v) is 6.53. The van der Waals surface area contributed by atoms with E-state index in [-0.39, 0.29) is 10.6 Å². The molecule has 0 bridgehead atoms. The normalized spacial score (nSPS) is 11.1. The Bertz CT molecular complexity index is 580. The van der Waals surface area contributed by atoms with Gasteiger partial charge < -0.3 is 14.0 Å². The molecule has 0 N–H and O–H groups in total. The highest BCUT2D eigenvalue weighted by atomic mass is 16.6. The zero-order valence-electron chi connectivity index (χ0n) is 11.4. The zero-order valence-corrected chi connectivity index (χ0v) is 11.4. The molecule has 6 nitrogen and oxygen atoms in total. The summed E-state index contributed by atoms with van der Waals surface area (Å²) in [5.41, 5.74) is 1.00. The first-order valence-electron chi connectivity index (χ1n) is 6.53. The van der Waals surface area contributed by atoms with Crippen molar-refractivity contribution >= 4 is 16.6 Å². The Hall–Kier alpha value is -1.92. The number of nitro benzene ring substituents is 1. The highest BCUT2D eigenvalue weighted by molar-refractivity contribution is 5.89. The van der Waals surface area contributed by atoms with E-state index in [9.17, 15) is 10.1 Å². The fourth-order valence-electron chi connectivity index (χ4n) is 2.13. The maximum atomic E-state index is 10.9. The van der Waals surface area contributed by atoms with Crippen molar-refractivity contribution in [3.8, 4) is 0 Å². The number of aromatic nitrogens is 1. The Morgan fingerprint density at radius 3 is 2.85 bits per heavy atom. The SMILES string of the molecule is COCCCOCCn1ccc2c([N+](=O)[O-])cccc21. The third-order valence-electron chi connectivity index (χ3n) is 3.10. The van der Waals surface area contributed by atoms with Crippen LogP contribution < -0.4 is 0 Å². The van der Waals surface area contributed by atoms with E-state index in [2.05, 4.69) is 0 Å². The Morgan fingerprint density at radius 1 is 1.25 bits per heavy atom. The number of methoxy groups -OCH3 is 1. The van der Waals surface area contributed by atoms with Gasteiger partial charge in [0.2, 0.25) is 0 Å². The first kappa shape index (κ1) is 14.5. The van der Waals surface area contributed by atoms with Crippen molar-refractivity contribution in [3.05, 3.63) is 40.6 Å². The Balaban J connectivity index is 1.98. The fourth-order valence-corrected chi connectivity index (χ4v) is 2.13. The fraction of sp³-hybridized carbons (Fsp3) is 0.429. The molecule has 0 saturated carbocycles. The van der Waals surface area contributed by atoms with E-state index in [1.54, 1.807) is 19.2 Å². The molecule has 0 saturated heterocycles. The van der Waals surface area contributed by atoms with Crippen LogP contribution in [0.4, 0.5) is 5.69 Å². The van der Waals surface area contributed by atoms with Crippen molar-refractivity contribution in [1.82, 2.24) is 4.57 Å². The predicted octanol–water partition coefficient (Wildman–Crippen LogP) is 2.60.